The third-order valence-electron chi connectivity index (χ3n) is 1.90. The summed E-state index contributed by atoms with van der Waals surface area (Å²) in [5.74, 6) is 0. The normalized spacial score (nSPS) is 14.8. The van der Waals surface area contributed by atoms with Crippen molar-refractivity contribution in [3.8, 4) is 6.07 Å². The Morgan fingerprint density at radius 3 is 3.00 bits per heavy atom. The zero-order chi connectivity index (χ0) is 9.73. The monoisotopic (exact) mass is 178 g/mol. The molecule has 0 aliphatic heterocycles. The number of nitrogens with zero attached hydrogens (tertiary/aromatic N) is 3. The van der Waals surface area contributed by atoms with E-state index in [0.29, 0.717) is 6.42 Å². The second kappa shape index (κ2) is 4.06. The fourth-order valence-corrected chi connectivity index (χ4v) is 1.10. The van der Waals surface area contributed by atoms with Gasteiger partial charge >= 0.3 is 0 Å². The molecule has 1 aromatic rings. The van der Waals surface area contributed by atoms with Gasteiger partial charge in [0.1, 0.15) is 5.54 Å². The minimum Gasteiger partial charge on any atom is -0.314 e. The first-order valence-corrected chi connectivity index (χ1v) is 4.32. The molecule has 2 N–H and O–H groups in total. The minimum absolute atomic E-state index is 0.698. The summed E-state index contributed by atoms with van der Waals surface area (Å²) in [6, 6.07) is 3.95. The first kappa shape index (κ1) is 9.75. The number of nitriles is 1. The summed E-state index contributed by atoms with van der Waals surface area (Å²) in [6.07, 6.45) is 5.22. The Labute approximate surface area is 78.0 Å². The minimum atomic E-state index is -0.701. The van der Waals surface area contributed by atoms with Crippen molar-refractivity contribution >= 4 is 0 Å². The van der Waals surface area contributed by atoms with Crippen LogP contribution in [0.15, 0.2) is 18.5 Å². The second-order valence-electron chi connectivity index (χ2n) is 3.40. The van der Waals surface area contributed by atoms with Gasteiger partial charge in [0.2, 0.25) is 0 Å². The molecule has 70 valence electrons. The Balaban J connectivity index is 2.26. The van der Waals surface area contributed by atoms with E-state index in [-0.39, 0.29) is 0 Å². The number of aryl methyl sites for hydroxylation is 1. The fourth-order valence-electron chi connectivity index (χ4n) is 1.10. The molecule has 0 spiro atoms. The lowest BCUT2D eigenvalue weighted by Crippen LogP contribution is -2.34. The van der Waals surface area contributed by atoms with Crippen molar-refractivity contribution in [1.29, 1.82) is 5.26 Å². The average Bonchev–Trinajstić information content (AvgIpc) is 2.57. The lowest BCUT2D eigenvalue weighted by molar-refractivity contribution is 0.472. The maximum Gasteiger partial charge on any atom is 0.101 e. The zero-order valence-electron chi connectivity index (χ0n) is 7.77. The van der Waals surface area contributed by atoms with Gasteiger partial charge in [0.05, 0.1) is 6.07 Å². The van der Waals surface area contributed by atoms with Crippen LogP contribution in [0.1, 0.15) is 19.8 Å². The predicted octanol–water partition coefficient (Wildman–Crippen LogP) is 0.904. The van der Waals surface area contributed by atoms with Crippen LogP contribution in [0.5, 0.6) is 0 Å². The molecule has 1 atom stereocenters. The van der Waals surface area contributed by atoms with E-state index in [9.17, 15) is 0 Å². The smallest absolute Gasteiger partial charge is 0.101 e. The molecule has 0 saturated heterocycles. The van der Waals surface area contributed by atoms with Gasteiger partial charge in [-0.2, -0.15) is 10.4 Å². The van der Waals surface area contributed by atoms with Crippen molar-refractivity contribution in [3.63, 3.8) is 0 Å². The largest absolute Gasteiger partial charge is 0.314 e. The Morgan fingerprint density at radius 2 is 2.46 bits per heavy atom. The molecular weight excluding hydrogens is 164 g/mol. The number of hydrogen-bond acceptors (Lipinski definition) is 3. The summed E-state index contributed by atoms with van der Waals surface area (Å²) in [5.41, 5.74) is 4.96. The summed E-state index contributed by atoms with van der Waals surface area (Å²) in [7, 11) is 0. The molecule has 0 aliphatic rings. The van der Waals surface area contributed by atoms with E-state index in [0.717, 1.165) is 13.0 Å². The van der Waals surface area contributed by atoms with Crippen LogP contribution in [0.4, 0.5) is 0 Å². The fraction of sp³-hybridized carbons (Fsp3) is 0.556. The van der Waals surface area contributed by atoms with E-state index >= 15 is 0 Å². The van der Waals surface area contributed by atoms with E-state index in [1.54, 1.807) is 13.1 Å². The molecular formula is C9H14N4. The summed E-state index contributed by atoms with van der Waals surface area (Å²) < 4.78 is 1.84. The van der Waals surface area contributed by atoms with Crippen molar-refractivity contribution in [1.82, 2.24) is 9.78 Å². The van der Waals surface area contributed by atoms with Crippen LogP contribution in [-0.4, -0.2) is 15.3 Å². The highest BCUT2D eigenvalue weighted by atomic mass is 15.3. The molecule has 1 aromatic heterocycles. The van der Waals surface area contributed by atoms with Crippen molar-refractivity contribution in [2.75, 3.05) is 0 Å². The van der Waals surface area contributed by atoms with Gasteiger partial charge < -0.3 is 5.73 Å². The van der Waals surface area contributed by atoms with Crippen LogP contribution < -0.4 is 5.73 Å². The van der Waals surface area contributed by atoms with Crippen LogP contribution >= 0.6 is 0 Å². The molecule has 1 heterocycles. The molecule has 1 unspecified atom stereocenters. The summed E-state index contributed by atoms with van der Waals surface area (Å²) in [5, 5.41) is 12.7. The average molecular weight is 178 g/mol. The van der Waals surface area contributed by atoms with Gasteiger partial charge in [-0.25, -0.2) is 0 Å². The summed E-state index contributed by atoms with van der Waals surface area (Å²) in [4.78, 5) is 0. The quantitative estimate of drug-likeness (QED) is 0.745. The maximum absolute atomic E-state index is 8.65. The van der Waals surface area contributed by atoms with Gasteiger partial charge in [0.25, 0.3) is 0 Å². The molecule has 13 heavy (non-hydrogen) atoms. The second-order valence-corrected chi connectivity index (χ2v) is 3.40. The van der Waals surface area contributed by atoms with Crippen LogP contribution in [0.2, 0.25) is 0 Å². The van der Waals surface area contributed by atoms with Crippen LogP contribution in [0.3, 0.4) is 0 Å². The standard InChI is InChI=1S/C9H14N4/c1-9(11,8-10)4-2-6-13-7-3-5-12-13/h3,5,7H,2,4,6,11H2,1H3. The van der Waals surface area contributed by atoms with E-state index in [1.807, 2.05) is 16.9 Å². The van der Waals surface area contributed by atoms with Crippen molar-refractivity contribution in [3.05, 3.63) is 18.5 Å². The molecule has 4 heteroatoms. The summed E-state index contributed by atoms with van der Waals surface area (Å²) >= 11 is 0. The number of aromatic nitrogens is 2. The number of rotatable bonds is 4. The molecule has 0 bridgehead atoms. The van der Waals surface area contributed by atoms with Crippen molar-refractivity contribution in [2.45, 2.75) is 31.8 Å². The predicted molar refractivity (Wildman–Crippen MR) is 49.7 cm³/mol. The van der Waals surface area contributed by atoms with E-state index in [2.05, 4.69) is 11.2 Å². The SMILES string of the molecule is CC(N)(C#N)CCCn1cccn1. The molecule has 1 rings (SSSR count). The van der Waals surface area contributed by atoms with E-state index < -0.39 is 5.54 Å². The number of hydrogen-bond donors (Lipinski definition) is 1. The van der Waals surface area contributed by atoms with Crippen LogP contribution in [0, 0.1) is 11.3 Å². The first-order valence-electron chi connectivity index (χ1n) is 4.32. The highest BCUT2D eigenvalue weighted by Crippen LogP contribution is 2.07. The molecule has 0 amide bonds. The first-order chi connectivity index (χ1) is 6.14. The van der Waals surface area contributed by atoms with Gasteiger partial charge in [0.15, 0.2) is 0 Å². The highest BCUT2D eigenvalue weighted by molar-refractivity contribution is 5.00. The van der Waals surface area contributed by atoms with Crippen LogP contribution in [-0.2, 0) is 6.54 Å². The Hall–Kier alpha value is -1.34. The summed E-state index contributed by atoms with van der Waals surface area (Å²) in [6.45, 7) is 2.57. The highest BCUT2D eigenvalue weighted by Gasteiger charge is 2.15. The Bertz CT molecular complexity index is 281. The molecule has 0 fully saturated rings. The maximum atomic E-state index is 8.65. The molecule has 0 aromatic carbocycles. The molecule has 0 aliphatic carbocycles. The third-order valence-corrected chi connectivity index (χ3v) is 1.90. The Kier molecular flexibility index (Phi) is 3.04. The topological polar surface area (TPSA) is 67.6 Å². The molecule has 4 nitrogen and oxygen atoms in total. The van der Waals surface area contributed by atoms with Crippen molar-refractivity contribution in [2.24, 2.45) is 5.73 Å². The van der Waals surface area contributed by atoms with E-state index in [4.69, 9.17) is 11.0 Å². The van der Waals surface area contributed by atoms with Gasteiger partial charge in [-0.3, -0.25) is 4.68 Å². The molecule has 0 radical (unpaired) electrons. The van der Waals surface area contributed by atoms with E-state index in [1.165, 1.54) is 0 Å². The molecule has 0 saturated carbocycles. The van der Waals surface area contributed by atoms with Crippen molar-refractivity contribution < 1.29 is 0 Å². The van der Waals surface area contributed by atoms with Crippen LogP contribution in [0.25, 0.3) is 0 Å². The number of nitrogens with two attached hydrogens (primary N) is 1. The van der Waals surface area contributed by atoms with Gasteiger partial charge in [-0.1, -0.05) is 0 Å². The van der Waals surface area contributed by atoms with Gasteiger partial charge in [-0.15, -0.1) is 0 Å². The third kappa shape index (κ3) is 3.26. The lowest BCUT2D eigenvalue weighted by Gasteiger charge is -2.14. The lowest BCUT2D eigenvalue weighted by atomic mass is 9.99. The zero-order valence-corrected chi connectivity index (χ0v) is 7.77. The Morgan fingerprint density at radius 1 is 1.69 bits per heavy atom. The van der Waals surface area contributed by atoms with Gasteiger partial charge in [0, 0.05) is 18.9 Å². The van der Waals surface area contributed by atoms with Gasteiger partial charge in [-0.05, 0) is 25.8 Å².